The van der Waals surface area contributed by atoms with Gasteiger partial charge in [0.05, 0.1) is 12.0 Å². The molecule has 0 heterocycles. The highest BCUT2D eigenvalue weighted by atomic mass is 79.9. The summed E-state index contributed by atoms with van der Waals surface area (Å²) in [7, 11) is 0. The molecule has 0 aliphatic heterocycles. The van der Waals surface area contributed by atoms with E-state index in [0.717, 1.165) is 21.3 Å². The van der Waals surface area contributed by atoms with Crippen molar-refractivity contribution < 1.29 is 4.74 Å². The second-order valence-corrected chi connectivity index (χ2v) is 5.27. The molecule has 94 valence electrons. The Morgan fingerprint density at radius 2 is 1.83 bits per heavy atom. The first-order chi connectivity index (χ1) is 8.70. The van der Waals surface area contributed by atoms with Crippen LogP contribution in [0.5, 0.6) is 5.75 Å². The highest BCUT2D eigenvalue weighted by Crippen LogP contribution is 2.31. The van der Waals surface area contributed by atoms with E-state index in [2.05, 4.69) is 15.9 Å². The number of alkyl halides is 1. The van der Waals surface area contributed by atoms with Crippen molar-refractivity contribution >= 4 is 27.5 Å². The molecule has 0 radical (unpaired) electrons. The van der Waals surface area contributed by atoms with E-state index in [9.17, 15) is 0 Å². The van der Waals surface area contributed by atoms with Crippen LogP contribution in [0.15, 0.2) is 53.0 Å². The zero-order valence-corrected chi connectivity index (χ0v) is 12.4. The van der Waals surface area contributed by atoms with Gasteiger partial charge in [0.25, 0.3) is 0 Å². The van der Waals surface area contributed by atoms with Crippen molar-refractivity contribution in [2.45, 2.75) is 12.3 Å². The molecule has 1 nitrogen and oxygen atoms in total. The lowest BCUT2D eigenvalue weighted by molar-refractivity contribution is 0.340. The van der Waals surface area contributed by atoms with Crippen molar-refractivity contribution in [1.82, 2.24) is 0 Å². The fraction of sp³-hybridized carbons (Fsp3) is 0.200. The second-order valence-electron chi connectivity index (χ2n) is 3.92. The van der Waals surface area contributed by atoms with Gasteiger partial charge in [0.1, 0.15) is 5.75 Å². The number of benzene rings is 2. The van der Waals surface area contributed by atoms with E-state index in [4.69, 9.17) is 16.3 Å². The Morgan fingerprint density at radius 3 is 2.44 bits per heavy atom. The standard InChI is InChI=1S/C15H14BrClO/c1-2-18-14-8-6-11(7-9-14)15(17)12-4-3-5-13(16)10-12/h3-10,15H,2H2,1H3. The van der Waals surface area contributed by atoms with E-state index in [-0.39, 0.29) is 5.38 Å². The molecule has 0 aliphatic rings. The summed E-state index contributed by atoms with van der Waals surface area (Å²) in [4.78, 5) is 0. The number of ether oxygens (including phenoxy) is 1. The van der Waals surface area contributed by atoms with Crippen molar-refractivity contribution in [3.8, 4) is 5.75 Å². The number of rotatable bonds is 4. The van der Waals surface area contributed by atoms with E-state index < -0.39 is 0 Å². The fourth-order valence-electron chi connectivity index (χ4n) is 1.76. The Balaban J connectivity index is 2.20. The highest BCUT2D eigenvalue weighted by Gasteiger charge is 2.10. The molecule has 0 aromatic heterocycles. The van der Waals surface area contributed by atoms with Crippen LogP contribution in [0.1, 0.15) is 23.4 Å². The third-order valence-corrected chi connectivity index (χ3v) is 3.62. The Morgan fingerprint density at radius 1 is 1.11 bits per heavy atom. The van der Waals surface area contributed by atoms with Crippen LogP contribution in [0.3, 0.4) is 0 Å². The van der Waals surface area contributed by atoms with Gasteiger partial charge in [-0.25, -0.2) is 0 Å². The monoisotopic (exact) mass is 324 g/mol. The van der Waals surface area contributed by atoms with Gasteiger partial charge in [0, 0.05) is 4.47 Å². The van der Waals surface area contributed by atoms with Crippen LogP contribution in [0, 0.1) is 0 Å². The summed E-state index contributed by atoms with van der Waals surface area (Å²) in [6.07, 6.45) is 0. The molecule has 2 aromatic carbocycles. The van der Waals surface area contributed by atoms with Crippen molar-refractivity contribution in [3.63, 3.8) is 0 Å². The van der Waals surface area contributed by atoms with Crippen LogP contribution in [0.25, 0.3) is 0 Å². The quantitative estimate of drug-likeness (QED) is 0.704. The molecule has 0 aliphatic carbocycles. The molecule has 0 saturated carbocycles. The average Bonchev–Trinajstić information content (AvgIpc) is 2.39. The molecular weight excluding hydrogens is 312 g/mol. The Labute approximate surface area is 121 Å². The van der Waals surface area contributed by atoms with Gasteiger partial charge >= 0.3 is 0 Å². The lowest BCUT2D eigenvalue weighted by atomic mass is 10.0. The van der Waals surface area contributed by atoms with Crippen LogP contribution >= 0.6 is 27.5 Å². The van der Waals surface area contributed by atoms with Crippen LogP contribution in [0.4, 0.5) is 0 Å². The van der Waals surface area contributed by atoms with Crippen molar-refractivity contribution in [2.75, 3.05) is 6.61 Å². The van der Waals surface area contributed by atoms with Gasteiger partial charge in [0.2, 0.25) is 0 Å². The second kappa shape index (κ2) is 6.26. The Kier molecular flexibility index (Phi) is 4.67. The first-order valence-electron chi connectivity index (χ1n) is 5.83. The fourth-order valence-corrected chi connectivity index (χ4v) is 2.45. The molecule has 1 atom stereocenters. The molecule has 0 amide bonds. The summed E-state index contributed by atoms with van der Waals surface area (Å²) in [6, 6.07) is 16.0. The lowest BCUT2D eigenvalue weighted by Gasteiger charge is -2.11. The smallest absolute Gasteiger partial charge is 0.119 e. The number of hydrogen-bond acceptors (Lipinski definition) is 1. The maximum absolute atomic E-state index is 6.47. The van der Waals surface area contributed by atoms with E-state index in [0.29, 0.717) is 6.61 Å². The predicted octanol–water partition coefficient (Wildman–Crippen LogP) is 5.18. The third kappa shape index (κ3) is 3.27. The van der Waals surface area contributed by atoms with Gasteiger partial charge in [-0.3, -0.25) is 0 Å². The largest absolute Gasteiger partial charge is 0.494 e. The minimum atomic E-state index is -0.141. The zero-order valence-electron chi connectivity index (χ0n) is 10.1. The molecule has 0 spiro atoms. The maximum Gasteiger partial charge on any atom is 0.119 e. The van der Waals surface area contributed by atoms with Crippen LogP contribution in [0.2, 0.25) is 0 Å². The van der Waals surface area contributed by atoms with E-state index in [1.54, 1.807) is 0 Å². The maximum atomic E-state index is 6.47. The minimum absolute atomic E-state index is 0.141. The lowest BCUT2D eigenvalue weighted by Crippen LogP contribution is -1.95. The molecule has 0 bridgehead atoms. The van der Waals surface area contributed by atoms with E-state index in [1.807, 2.05) is 55.5 Å². The summed E-state index contributed by atoms with van der Waals surface area (Å²) in [5.41, 5.74) is 2.15. The molecule has 3 heteroatoms. The number of halogens is 2. The summed E-state index contributed by atoms with van der Waals surface area (Å²) >= 11 is 9.93. The number of hydrogen-bond donors (Lipinski definition) is 0. The van der Waals surface area contributed by atoms with Crippen LogP contribution < -0.4 is 4.74 Å². The van der Waals surface area contributed by atoms with E-state index >= 15 is 0 Å². The molecule has 0 fully saturated rings. The molecule has 18 heavy (non-hydrogen) atoms. The Bertz CT molecular complexity index is 510. The van der Waals surface area contributed by atoms with Gasteiger partial charge in [-0.2, -0.15) is 0 Å². The van der Waals surface area contributed by atoms with Gasteiger partial charge < -0.3 is 4.74 Å². The first-order valence-corrected chi connectivity index (χ1v) is 7.06. The molecular formula is C15H14BrClO. The van der Waals surface area contributed by atoms with Crippen LogP contribution in [-0.2, 0) is 0 Å². The first kappa shape index (κ1) is 13.4. The summed E-state index contributed by atoms with van der Waals surface area (Å²) in [5, 5.41) is -0.141. The minimum Gasteiger partial charge on any atom is -0.494 e. The van der Waals surface area contributed by atoms with Gasteiger partial charge in [-0.05, 0) is 42.3 Å². The van der Waals surface area contributed by atoms with Crippen molar-refractivity contribution in [1.29, 1.82) is 0 Å². The van der Waals surface area contributed by atoms with Crippen molar-refractivity contribution in [3.05, 3.63) is 64.1 Å². The Hall–Kier alpha value is -0.990. The van der Waals surface area contributed by atoms with Crippen molar-refractivity contribution in [2.24, 2.45) is 0 Å². The molecule has 0 saturated heterocycles. The topological polar surface area (TPSA) is 9.23 Å². The molecule has 1 unspecified atom stereocenters. The average molecular weight is 326 g/mol. The normalized spacial score (nSPS) is 12.2. The third-order valence-electron chi connectivity index (χ3n) is 2.63. The van der Waals surface area contributed by atoms with Gasteiger partial charge in [0.15, 0.2) is 0 Å². The highest BCUT2D eigenvalue weighted by molar-refractivity contribution is 9.10. The van der Waals surface area contributed by atoms with Gasteiger partial charge in [-0.1, -0.05) is 40.2 Å². The van der Waals surface area contributed by atoms with E-state index in [1.165, 1.54) is 0 Å². The summed E-state index contributed by atoms with van der Waals surface area (Å²) in [5.74, 6) is 0.874. The SMILES string of the molecule is CCOc1ccc(C(Cl)c2cccc(Br)c2)cc1. The molecule has 2 aromatic rings. The van der Waals surface area contributed by atoms with Crippen LogP contribution in [-0.4, -0.2) is 6.61 Å². The summed E-state index contributed by atoms with van der Waals surface area (Å²) < 4.78 is 6.45. The van der Waals surface area contributed by atoms with Gasteiger partial charge in [-0.15, -0.1) is 11.6 Å². The molecule has 2 rings (SSSR count). The summed E-state index contributed by atoms with van der Waals surface area (Å²) in [6.45, 7) is 2.65. The molecule has 0 N–H and O–H groups in total. The zero-order chi connectivity index (χ0) is 13.0. The predicted molar refractivity (Wildman–Crippen MR) is 79.4 cm³/mol.